The van der Waals surface area contributed by atoms with Crippen molar-refractivity contribution in [3.63, 3.8) is 0 Å². The van der Waals surface area contributed by atoms with E-state index < -0.39 is 0 Å². The molecule has 5 nitrogen and oxygen atoms in total. The Morgan fingerprint density at radius 2 is 1.91 bits per heavy atom. The van der Waals surface area contributed by atoms with Crippen LogP contribution in [0.3, 0.4) is 0 Å². The van der Waals surface area contributed by atoms with Crippen molar-refractivity contribution in [2.24, 2.45) is 0 Å². The summed E-state index contributed by atoms with van der Waals surface area (Å²) in [4.78, 5) is 22.5. The lowest BCUT2D eigenvalue weighted by molar-refractivity contribution is 0.0718. The summed E-state index contributed by atoms with van der Waals surface area (Å²) in [6.07, 6.45) is 6.25. The molecule has 0 saturated carbocycles. The number of amides is 1. The third-order valence-corrected chi connectivity index (χ3v) is 3.93. The van der Waals surface area contributed by atoms with Gasteiger partial charge in [-0.1, -0.05) is 18.2 Å². The normalized spacial score (nSPS) is 14.6. The molecule has 6 heteroatoms. The fraction of sp³-hybridized carbons (Fsp3) is 0.353. The van der Waals surface area contributed by atoms with E-state index >= 15 is 0 Å². The largest absolute Gasteiger partial charge is 0.365 e. The molecule has 1 fully saturated rings. The molecule has 1 N–H and O–H groups in total. The number of hydrogen-bond acceptors (Lipinski definition) is 4. The van der Waals surface area contributed by atoms with Gasteiger partial charge in [0, 0.05) is 25.2 Å². The molecule has 1 saturated heterocycles. The number of benzene rings is 1. The number of hydrogen-bond donors (Lipinski definition) is 1. The highest BCUT2D eigenvalue weighted by molar-refractivity contribution is 5.92. The molecule has 0 radical (unpaired) electrons. The lowest BCUT2D eigenvalue weighted by Crippen LogP contribution is -2.36. The second kappa shape index (κ2) is 7.17. The summed E-state index contributed by atoms with van der Waals surface area (Å²) in [7, 11) is 0. The topological polar surface area (TPSA) is 58.1 Å². The zero-order valence-corrected chi connectivity index (χ0v) is 12.8. The summed E-state index contributed by atoms with van der Waals surface area (Å²) in [6, 6.07) is 6.57. The molecule has 120 valence electrons. The minimum absolute atomic E-state index is 0.0714. The van der Waals surface area contributed by atoms with E-state index in [4.69, 9.17) is 0 Å². The molecule has 1 amide bonds. The quantitative estimate of drug-likeness (QED) is 0.943. The van der Waals surface area contributed by atoms with E-state index in [0.717, 1.165) is 25.9 Å². The number of carbonyl (C=O) groups is 1. The molecule has 1 aromatic carbocycles. The van der Waals surface area contributed by atoms with Gasteiger partial charge in [-0.25, -0.2) is 14.4 Å². The fourth-order valence-electron chi connectivity index (χ4n) is 2.62. The smallest absolute Gasteiger partial charge is 0.274 e. The number of nitrogens with one attached hydrogen (secondary N) is 1. The number of nitrogens with zero attached hydrogens (tertiary/aromatic N) is 3. The van der Waals surface area contributed by atoms with E-state index in [1.165, 1.54) is 24.9 Å². The summed E-state index contributed by atoms with van der Waals surface area (Å²) in [5, 5.41) is 3.01. The summed E-state index contributed by atoms with van der Waals surface area (Å²) in [6.45, 7) is 1.89. The van der Waals surface area contributed by atoms with Crippen LogP contribution in [-0.2, 0) is 6.54 Å². The Kier molecular flexibility index (Phi) is 4.80. The molecule has 2 aromatic rings. The fourth-order valence-corrected chi connectivity index (χ4v) is 2.62. The SMILES string of the molecule is O=C(c1cnc(NCc2ccccc2F)cn1)N1CCCCC1. The van der Waals surface area contributed by atoms with Crippen LogP contribution in [0.25, 0.3) is 0 Å². The van der Waals surface area contributed by atoms with E-state index in [2.05, 4.69) is 15.3 Å². The van der Waals surface area contributed by atoms with Gasteiger partial charge in [0.05, 0.1) is 12.4 Å². The highest BCUT2D eigenvalue weighted by atomic mass is 19.1. The van der Waals surface area contributed by atoms with E-state index in [9.17, 15) is 9.18 Å². The number of rotatable bonds is 4. The van der Waals surface area contributed by atoms with Crippen molar-refractivity contribution in [2.45, 2.75) is 25.8 Å². The average molecular weight is 314 g/mol. The van der Waals surface area contributed by atoms with Gasteiger partial charge in [-0.05, 0) is 25.3 Å². The minimum Gasteiger partial charge on any atom is -0.365 e. The maximum atomic E-state index is 13.5. The van der Waals surface area contributed by atoms with Crippen molar-refractivity contribution in [3.05, 3.63) is 53.7 Å². The molecule has 0 unspecified atom stereocenters. The predicted octanol–water partition coefficient (Wildman–Crippen LogP) is 2.85. The lowest BCUT2D eigenvalue weighted by atomic mass is 10.1. The first-order valence-electron chi connectivity index (χ1n) is 7.82. The third-order valence-electron chi connectivity index (χ3n) is 3.93. The van der Waals surface area contributed by atoms with Crippen LogP contribution in [0.4, 0.5) is 10.2 Å². The molecular weight excluding hydrogens is 295 g/mol. The number of carbonyl (C=O) groups excluding carboxylic acids is 1. The number of piperidine rings is 1. The van der Waals surface area contributed by atoms with Gasteiger partial charge in [-0.15, -0.1) is 0 Å². The van der Waals surface area contributed by atoms with Crippen molar-refractivity contribution < 1.29 is 9.18 Å². The van der Waals surface area contributed by atoms with Crippen molar-refractivity contribution in [1.82, 2.24) is 14.9 Å². The molecule has 0 spiro atoms. The zero-order chi connectivity index (χ0) is 16.1. The second-order valence-corrected chi connectivity index (χ2v) is 5.58. The van der Waals surface area contributed by atoms with Gasteiger partial charge >= 0.3 is 0 Å². The number of likely N-dealkylation sites (tertiary alicyclic amines) is 1. The third kappa shape index (κ3) is 3.83. The Labute approximate surface area is 134 Å². The summed E-state index contributed by atoms with van der Waals surface area (Å²) >= 11 is 0. The first-order chi connectivity index (χ1) is 11.2. The van der Waals surface area contributed by atoms with E-state index in [-0.39, 0.29) is 11.7 Å². The molecule has 0 atom stereocenters. The van der Waals surface area contributed by atoms with Crippen LogP contribution in [0.5, 0.6) is 0 Å². The average Bonchev–Trinajstić information content (AvgIpc) is 2.62. The van der Waals surface area contributed by atoms with Gasteiger partial charge in [0.2, 0.25) is 0 Å². The molecule has 1 aliphatic rings. The first-order valence-corrected chi connectivity index (χ1v) is 7.82. The summed E-state index contributed by atoms with van der Waals surface area (Å²) < 4.78 is 13.5. The van der Waals surface area contributed by atoms with Crippen molar-refractivity contribution in [1.29, 1.82) is 0 Å². The molecule has 0 bridgehead atoms. The van der Waals surface area contributed by atoms with Gasteiger partial charge in [0.1, 0.15) is 17.3 Å². The van der Waals surface area contributed by atoms with E-state index in [0.29, 0.717) is 23.6 Å². The summed E-state index contributed by atoms with van der Waals surface area (Å²) in [5.41, 5.74) is 0.908. The predicted molar refractivity (Wildman–Crippen MR) is 85.5 cm³/mol. The molecule has 0 aliphatic carbocycles. The number of halogens is 1. The molecular formula is C17H19FN4O. The standard InChI is InChI=1S/C17H19FN4O/c18-14-7-3-2-6-13(14)10-20-16-12-19-15(11-21-16)17(23)22-8-4-1-5-9-22/h2-3,6-7,11-12H,1,4-5,8-10H2,(H,20,21). The Balaban J connectivity index is 1.60. The van der Waals surface area contributed by atoms with Crippen molar-refractivity contribution >= 4 is 11.7 Å². The minimum atomic E-state index is -0.259. The van der Waals surface area contributed by atoms with Gasteiger partial charge in [-0.3, -0.25) is 4.79 Å². The maximum absolute atomic E-state index is 13.5. The molecule has 3 rings (SSSR count). The summed E-state index contributed by atoms with van der Waals surface area (Å²) in [5.74, 6) is 0.186. The van der Waals surface area contributed by atoms with Crippen LogP contribution in [0.1, 0.15) is 35.3 Å². The van der Waals surface area contributed by atoms with Crippen LogP contribution in [0, 0.1) is 5.82 Å². The monoisotopic (exact) mass is 314 g/mol. The van der Waals surface area contributed by atoms with Crippen molar-refractivity contribution in [3.8, 4) is 0 Å². The highest BCUT2D eigenvalue weighted by Gasteiger charge is 2.19. The van der Waals surface area contributed by atoms with Gasteiger partial charge in [-0.2, -0.15) is 0 Å². The van der Waals surface area contributed by atoms with Gasteiger partial charge in [0.25, 0.3) is 5.91 Å². The molecule has 23 heavy (non-hydrogen) atoms. The van der Waals surface area contributed by atoms with E-state index in [1.807, 2.05) is 4.90 Å². The Morgan fingerprint density at radius 1 is 1.13 bits per heavy atom. The molecule has 1 aliphatic heterocycles. The number of aromatic nitrogens is 2. The van der Waals surface area contributed by atoms with Crippen LogP contribution < -0.4 is 5.32 Å². The Hall–Kier alpha value is -2.50. The number of anilines is 1. The van der Waals surface area contributed by atoms with Crippen LogP contribution in [-0.4, -0.2) is 33.9 Å². The highest BCUT2D eigenvalue weighted by Crippen LogP contribution is 2.13. The van der Waals surface area contributed by atoms with Gasteiger partial charge < -0.3 is 10.2 Å². The second-order valence-electron chi connectivity index (χ2n) is 5.58. The van der Waals surface area contributed by atoms with Crippen LogP contribution >= 0.6 is 0 Å². The van der Waals surface area contributed by atoms with Crippen LogP contribution in [0.15, 0.2) is 36.7 Å². The van der Waals surface area contributed by atoms with E-state index in [1.54, 1.807) is 18.2 Å². The molecule has 1 aromatic heterocycles. The van der Waals surface area contributed by atoms with Gasteiger partial charge in [0.15, 0.2) is 0 Å². The van der Waals surface area contributed by atoms with Crippen LogP contribution in [0.2, 0.25) is 0 Å². The lowest BCUT2D eigenvalue weighted by Gasteiger charge is -2.26. The first kappa shape index (κ1) is 15.4. The van der Waals surface area contributed by atoms with Crippen molar-refractivity contribution in [2.75, 3.05) is 18.4 Å². The molecule has 2 heterocycles. The zero-order valence-electron chi connectivity index (χ0n) is 12.8. The Morgan fingerprint density at radius 3 is 2.61 bits per heavy atom. The maximum Gasteiger partial charge on any atom is 0.274 e. The Bertz CT molecular complexity index is 669.